The second kappa shape index (κ2) is 7.48. The summed E-state index contributed by atoms with van der Waals surface area (Å²) in [5.74, 6) is 0.956. The van der Waals surface area contributed by atoms with Gasteiger partial charge in [-0.3, -0.25) is 0 Å². The minimum absolute atomic E-state index is 0.487. The van der Waals surface area contributed by atoms with Gasteiger partial charge in [-0.2, -0.15) is 0 Å². The van der Waals surface area contributed by atoms with Crippen LogP contribution in [0.1, 0.15) is 17.5 Å². The van der Waals surface area contributed by atoms with Crippen LogP contribution in [0.15, 0.2) is 18.2 Å². The van der Waals surface area contributed by atoms with Crippen molar-refractivity contribution < 1.29 is 9.47 Å². The fourth-order valence-electron chi connectivity index (χ4n) is 2.35. The Kier molecular flexibility index (Phi) is 5.63. The van der Waals surface area contributed by atoms with Crippen molar-refractivity contribution in [1.82, 2.24) is 10.6 Å². The van der Waals surface area contributed by atoms with Crippen LogP contribution in [-0.4, -0.2) is 39.5 Å². The summed E-state index contributed by atoms with van der Waals surface area (Å²) in [7, 11) is 1.72. The van der Waals surface area contributed by atoms with Gasteiger partial charge in [0.25, 0.3) is 0 Å². The molecule has 19 heavy (non-hydrogen) atoms. The highest BCUT2D eigenvalue weighted by Gasteiger charge is 2.12. The maximum atomic E-state index is 5.44. The molecule has 4 nitrogen and oxygen atoms in total. The third kappa shape index (κ3) is 4.49. The van der Waals surface area contributed by atoms with Crippen molar-refractivity contribution >= 4 is 0 Å². The molecule has 1 aliphatic heterocycles. The van der Waals surface area contributed by atoms with Crippen LogP contribution in [0.4, 0.5) is 0 Å². The highest BCUT2D eigenvalue weighted by atomic mass is 16.5. The predicted molar refractivity (Wildman–Crippen MR) is 76.7 cm³/mol. The van der Waals surface area contributed by atoms with E-state index in [-0.39, 0.29) is 0 Å². The average molecular weight is 264 g/mol. The first-order valence-electron chi connectivity index (χ1n) is 6.95. The Morgan fingerprint density at radius 1 is 1.47 bits per heavy atom. The van der Waals surface area contributed by atoms with Crippen LogP contribution in [-0.2, 0) is 11.3 Å². The smallest absolute Gasteiger partial charge is 0.123 e. The minimum Gasteiger partial charge on any atom is -0.496 e. The second-order valence-corrected chi connectivity index (χ2v) is 5.01. The Morgan fingerprint density at radius 2 is 2.37 bits per heavy atom. The lowest BCUT2D eigenvalue weighted by molar-refractivity contribution is 0.0742. The van der Waals surface area contributed by atoms with Crippen molar-refractivity contribution in [2.75, 3.05) is 33.4 Å². The molecule has 1 fully saturated rings. The first kappa shape index (κ1) is 14.3. The summed E-state index contributed by atoms with van der Waals surface area (Å²) >= 11 is 0. The second-order valence-electron chi connectivity index (χ2n) is 5.01. The van der Waals surface area contributed by atoms with E-state index >= 15 is 0 Å². The van der Waals surface area contributed by atoms with Crippen LogP contribution in [0.25, 0.3) is 0 Å². The zero-order chi connectivity index (χ0) is 13.5. The van der Waals surface area contributed by atoms with Crippen LogP contribution in [0.5, 0.6) is 5.75 Å². The van der Waals surface area contributed by atoms with Crippen molar-refractivity contribution in [3.8, 4) is 5.75 Å². The Morgan fingerprint density at radius 3 is 3.11 bits per heavy atom. The molecular weight excluding hydrogens is 240 g/mol. The Bertz CT molecular complexity index is 390. The number of morpholine rings is 1. The van der Waals surface area contributed by atoms with Gasteiger partial charge in [0.05, 0.1) is 20.3 Å². The maximum Gasteiger partial charge on any atom is 0.123 e. The summed E-state index contributed by atoms with van der Waals surface area (Å²) in [6.45, 7) is 6.57. The maximum absolute atomic E-state index is 5.44. The van der Waals surface area contributed by atoms with Crippen molar-refractivity contribution in [2.45, 2.75) is 25.9 Å². The van der Waals surface area contributed by atoms with E-state index in [0.29, 0.717) is 6.04 Å². The summed E-state index contributed by atoms with van der Waals surface area (Å²) < 4.78 is 10.8. The molecule has 1 atom stereocenters. The van der Waals surface area contributed by atoms with E-state index in [2.05, 4.69) is 29.7 Å². The Balaban J connectivity index is 1.74. The zero-order valence-electron chi connectivity index (χ0n) is 11.9. The molecule has 2 rings (SSSR count). The van der Waals surface area contributed by atoms with Gasteiger partial charge in [-0.25, -0.2) is 0 Å². The van der Waals surface area contributed by atoms with E-state index in [4.69, 9.17) is 9.47 Å². The summed E-state index contributed by atoms with van der Waals surface area (Å²) in [5.41, 5.74) is 2.48. The van der Waals surface area contributed by atoms with Crippen LogP contribution >= 0.6 is 0 Å². The third-order valence-corrected chi connectivity index (χ3v) is 3.42. The normalized spacial score (nSPS) is 19.4. The Labute approximate surface area is 115 Å². The molecule has 0 bridgehead atoms. The molecule has 0 spiro atoms. The molecule has 0 amide bonds. The van der Waals surface area contributed by atoms with Gasteiger partial charge in [-0.05, 0) is 26.0 Å². The molecule has 1 saturated heterocycles. The highest BCUT2D eigenvalue weighted by Crippen LogP contribution is 2.19. The van der Waals surface area contributed by atoms with E-state index in [1.165, 1.54) is 11.1 Å². The van der Waals surface area contributed by atoms with Crippen LogP contribution < -0.4 is 15.4 Å². The topological polar surface area (TPSA) is 42.5 Å². The number of benzene rings is 1. The lowest BCUT2D eigenvalue weighted by atomic mass is 10.1. The number of methoxy groups -OCH3 is 1. The molecule has 1 aliphatic rings. The van der Waals surface area contributed by atoms with Gasteiger partial charge in [0.2, 0.25) is 0 Å². The first-order valence-corrected chi connectivity index (χ1v) is 6.95. The van der Waals surface area contributed by atoms with Gasteiger partial charge in [-0.1, -0.05) is 17.7 Å². The predicted octanol–water partition coefficient (Wildman–Crippen LogP) is 1.47. The van der Waals surface area contributed by atoms with E-state index in [1.807, 2.05) is 6.07 Å². The lowest BCUT2D eigenvalue weighted by Gasteiger charge is -2.23. The number of nitrogens with one attached hydrogen (secondary N) is 2. The molecular formula is C15H24N2O2. The summed E-state index contributed by atoms with van der Waals surface area (Å²) in [6, 6.07) is 6.77. The molecule has 0 radical (unpaired) electrons. The summed E-state index contributed by atoms with van der Waals surface area (Å²) in [6.07, 6.45) is 1.09. The van der Waals surface area contributed by atoms with Crippen molar-refractivity contribution in [3.05, 3.63) is 29.3 Å². The van der Waals surface area contributed by atoms with Crippen LogP contribution in [0.3, 0.4) is 0 Å². The monoisotopic (exact) mass is 264 g/mol. The molecule has 1 heterocycles. The third-order valence-electron chi connectivity index (χ3n) is 3.42. The standard InChI is InChI=1S/C15H24N2O2/c1-12-3-4-15(18-2)13(9-12)10-16-6-5-14-11-19-8-7-17-14/h3-4,9,14,16-17H,5-8,10-11H2,1-2H3. The van der Waals surface area contributed by atoms with E-state index in [1.54, 1.807) is 7.11 Å². The molecule has 1 aromatic carbocycles. The van der Waals surface area contributed by atoms with Crippen molar-refractivity contribution in [2.24, 2.45) is 0 Å². The number of hydrogen-bond donors (Lipinski definition) is 2. The van der Waals surface area contributed by atoms with Gasteiger partial charge in [0.15, 0.2) is 0 Å². The van der Waals surface area contributed by atoms with Gasteiger partial charge < -0.3 is 20.1 Å². The zero-order valence-corrected chi connectivity index (χ0v) is 11.9. The molecule has 1 unspecified atom stereocenters. The summed E-state index contributed by atoms with van der Waals surface area (Å²) in [5, 5.41) is 6.94. The quantitative estimate of drug-likeness (QED) is 0.764. The van der Waals surface area contributed by atoms with Gasteiger partial charge in [0.1, 0.15) is 5.75 Å². The molecule has 2 N–H and O–H groups in total. The molecule has 0 aliphatic carbocycles. The van der Waals surface area contributed by atoms with E-state index in [0.717, 1.165) is 45.0 Å². The fourth-order valence-corrected chi connectivity index (χ4v) is 2.35. The van der Waals surface area contributed by atoms with E-state index in [9.17, 15) is 0 Å². The van der Waals surface area contributed by atoms with Gasteiger partial charge in [0, 0.05) is 24.7 Å². The molecule has 0 aromatic heterocycles. The highest BCUT2D eigenvalue weighted by molar-refractivity contribution is 5.36. The lowest BCUT2D eigenvalue weighted by Crippen LogP contribution is -2.42. The SMILES string of the molecule is COc1ccc(C)cc1CNCCC1COCCN1. The van der Waals surface area contributed by atoms with Crippen molar-refractivity contribution in [1.29, 1.82) is 0 Å². The largest absolute Gasteiger partial charge is 0.496 e. The van der Waals surface area contributed by atoms with Gasteiger partial charge in [-0.15, -0.1) is 0 Å². The van der Waals surface area contributed by atoms with Crippen LogP contribution in [0, 0.1) is 6.92 Å². The van der Waals surface area contributed by atoms with Crippen LogP contribution in [0.2, 0.25) is 0 Å². The molecule has 4 heteroatoms. The van der Waals surface area contributed by atoms with Crippen molar-refractivity contribution in [3.63, 3.8) is 0 Å². The average Bonchev–Trinajstić information content (AvgIpc) is 2.45. The fraction of sp³-hybridized carbons (Fsp3) is 0.600. The number of aryl methyl sites for hydroxylation is 1. The minimum atomic E-state index is 0.487. The molecule has 1 aromatic rings. The Hall–Kier alpha value is -1.10. The number of ether oxygens (including phenoxy) is 2. The number of rotatable bonds is 6. The molecule has 0 saturated carbocycles. The first-order chi connectivity index (χ1) is 9.29. The van der Waals surface area contributed by atoms with Gasteiger partial charge >= 0.3 is 0 Å². The summed E-state index contributed by atoms with van der Waals surface area (Å²) in [4.78, 5) is 0. The number of hydrogen-bond acceptors (Lipinski definition) is 4. The molecule has 106 valence electrons. The van der Waals surface area contributed by atoms with E-state index < -0.39 is 0 Å².